The summed E-state index contributed by atoms with van der Waals surface area (Å²) < 4.78 is 0. The molecule has 0 aliphatic heterocycles. The fraction of sp³-hybridized carbons (Fsp3) is 0.357. The average molecular weight is 262 g/mol. The molecule has 96 valence electrons. The molecule has 0 amide bonds. The fourth-order valence-electron chi connectivity index (χ4n) is 1.88. The fourth-order valence-corrected chi connectivity index (χ4v) is 2.49. The number of nitrogens with zero attached hydrogens (tertiary/aromatic N) is 1. The summed E-state index contributed by atoms with van der Waals surface area (Å²) in [5.41, 5.74) is 3.04. The standard InChI is InChI=1S/C14H18N2OS/c1-9-4-5-13(14(17)6-9)10(2)15-7-12-8-18-11(3)16-12/h4-6,8,10,15,17H,7H2,1-3H3. The molecule has 0 aliphatic rings. The van der Waals surface area contributed by atoms with E-state index in [0.717, 1.165) is 28.4 Å². The van der Waals surface area contributed by atoms with E-state index in [4.69, 9.17) is 0 Å². The van der Waals surface area contributed by atoms with Crippen molar-refractivity contribution in [3.8, 4) is 5.75 Å². The number of hydrogen-bond acceptors (Lipinski definition) is 4. The summed E-state index contributed by atoms with van der Waals surface area (Å²) >= 11 is 1.66. The van der Waals surface area contributed by atoms with Crippen molar-refractivity contribution >= 4 is 11.3 Å². The first-order valence-corrected chi connectivity index (χ1v) is 6.88. The Morgan fingerprint density at radius 3 is 2.78 bits per heavy atom. The number of aryl methyl sites for hydroxylation is 2. The lowest BCUT2D eigenvalue weighted by molar-refractivity contribution is 0.451. The van der Waals surface area contributed by atoms with Gasteiger partial charge >= 0.3 is 0 Å². The monoisotopic (exact) mass is 262 g/mol. The van der Waals surface area contributed by atoms with Crippen molar-refractivity contribution in [1.29, 1.82) is 0 Å². The third-order valence-corrected chi connectivity index (χ3v) is 3.73. The van der Waals surface area contributed by atoms with E-state index < -0.39 is 0 Å². The molecule has 0 fully saturated rings. The normalized spacial score (nSPS) is 12.6. The summed E-state index contributed by atoms with van der Waals surface area (Å²) in [5, 5.41) is 16.4. The maximum absolute atomic E-state index is 9.91. The van der Waals surface area contributed by atoms with E-state index in [2.05, 4.69) is 15.7 Å². The minimum atomic E-state index is 0.104. The number of rotatable bonds is 4. The van der Waals surface area contributed by atoms with Crippen molar-refractivity contribution < 1.29 is 5.11 Å². The Hall–Kier alpha value is -1.39. The third-order valence-electron chi connectivity index (χ3n) is 2.91. The molecule has 0 spiro atoms. The summed E-state index contributed by atoms with van der Waals surface area (Å²) in [6.07, 6.45) is 0. The maximum atomic E-state index is 9.91. The first-order valence-electron chi connectivity index (χ1n) is 6.00. The maximum Gasteiger partial charge on any atom is 0.120 e. The van der Waals surface area contributed by atoms with Crippen LogP contribution in [0.2, 0.25) is 0 Å². The highest BCUT2D eigenvalue weighted by Gasteiger charge is 2.10. The van der Waals surface area contributed by atoms with Crippen LogP contribution in [0.1, 0.15) is 34.8 Å². The zero-order valence-electron chi connectivity index (χ0n) is 10.9. The lowest BCUT2D eigenvalue weighted by atomic mass is 10.1. The molecule has 2 aromatic rings. The smallest absolute Gasteiger partial charge is 0.120 e. The van der Waals surface area contributed by atoms with Gasteiger partial charge in [-0.15, -0.1) is 11.3 Å². The highest BCUT2D eigenvalue weighted by molar-refractivity contribution is 7.09. The van der Waals surface area contributed by atoms with Crippen LogP contribution in [0.25, 0.3) is 0 Å². The zero-order valence-corrected chi connectivity index (χ0v) is 11.7. The second-order valence-corrected chi connectivity index (χ2v) is 5.58. The third kappa shape index (κ3) is 3.09. The van der Waals surface area contributed by atoms with Gasteiger partial charge in [-0.25, -0.2) is 4.98 Å². The van der Waals surface area contributed by atoms with Crippen LogP contribution in [0, 0.1) is 13.8 Å². The summed E-state index contributed by atoms with van der Waals surface area (Å²) in [6.45, 7) is 6.74. The predicted octanol–water partition coefficient (Wildman–Crippen LogP) is 3.32. The molecule has 1 heterocycles. The SMILES string of the molecule is Cc1ccc(C(C)NCc2csc(C)n2)c(O)c1. The van der Waals surface area contributed by atoms with Gasteiger partial charge in [0.15, 0.2) is 0 Å². The molecular weight excluding hydrogens is 244 g/mol. The van der Waals surface area contributed by atoms with E-state index in [1.54, 1.807) is 17.4 Å². The average Bonchev–Trinajstić information content (AvgIpc) is 2.72. The van der Waals surface area contributed by atoms with Crippen molar-refractivity contribution in [2.45, 2.75) is 33.4 Å². The number of phenolic OH excluding ortho intramolecular Hbond substituents is 1. The lowest BCUT2D eigenvalue weighted by Crippen LogP contribution is -2.18. The van der Waals surface area contributed by atoms with E-state index in [0.29, 0.717) is 5.75 Å². The Morgan fingerprint density at radius 1 is 1.39 bits per heavy atom. The van der Waals surface area contributed by atoms with Gasteiger partial charge in [0.1, 0.15) is 5.75 Å². The first-order chi connectivity index (χ1) is 8.56. The van der Waals surface area contributed by atoms with Gasteiger partial charge in [0.2, 0.25) is 0 Å². The largest absolute Gasteiger partial charge is 0.508 e. The Labute approximate surface area is 112 Å². The van der Waals surface area contributed by atoms with Crippen LogP contribution in [0.5, 0.6) is 5.75 Å². The molecule has 0 saturated heterocycles. The van der Waals surface area contributed by atoms with Gasteiger partial charge < -0.3 is 10.4 Å². The number of benzene rings is 1. The molecule has 1 aromatic carbocycles. The molecule has 3 nitrogen and oxygen atoms in total. The molecule has 1 atom stereocenters. The number of aromatic nitrogens is 1. The van der Waals surface area contributed by atoms with Gasteiger partial charge in [0, 0.05) is 23.5 Å². The lowest BCUT2D eigenvalue weighted by Gasteiger charge is -2.15. The quantitative estimate of drug-likeness (QED) is 0.888. The van der Waals surface area contributed by atoms with Crippen LogP contribution >= 0.6 is 11.3 Å². The van der Waals surface area contributed by atoms with Gasteiger partial charge in [0.05, 0.1) is 10.7 Å². The van der Waals surface area contributed by atoms with Gasteiger partial charge in [-0.3, -0.25) is 0 Å². The molecule has 2 N–H and O–H groups in total. The minimum absolute atomic E-state index is 0.104. The molecular formula is C14H18N2OS. The molecule has 0 aliphatic carbocycles. The molecule has 0 bridgehead atoms. The van der Waals surface area contributed by atoms with Crippen LogP contribution in [0.15, 0.2) is 23.6 Å². The van der Waals surface area contributed by atoms with Crippen molar-refractivity contribution in [3.05, 3.63) is 45.4 Å². The predicted molar refractivity (Wildman–Crippen MR) is 74.9 cm³/mol. The van der Waals surface area contributed by atoms with Crippen molar-refractivity contribution in [2.75, 3.05) is 0 Å². The van der Waals surface area contributed by atoms with Crippen LogP contribution in [0.4, 0.5) is 0 Å². The summed E-state index contributed by atoms with van der Waals surface area (Å²) in [4.78, 5) is 4.41. The molecule has 1 aromatic heterocycles. The topological polar surface area (TPSA) is 45.2 Å². The van der Waals surface area contributed by atoms with Gasteiger partial charge in [-0.2, -0.15) is 0 Å². The van der Waals surface area contributed by atoms with Crippen molar-refractivity contribution in [1.82, 2.24) is 10.3 Å². The van der Waals surface area contributed by atoms with Crippen molar-refractivity contribution in [2.24, 2.45) is 0 Å². The van der Waals surface area contributed by atoms with E-state index in [1.165, 1.54) is 0 Å². The van der Waals surface area contributed by atoms with Gasteiger partial charge in [-0.1, -0.05) is 12.1 Å². The number of hydrogen-bond donors (Lipinski definition) is 2. The molecule has 4 heteroatoms. The second kappa shape index (κ2) is 5.50. The Bertz CT molecular complexity index is 536. The minimum Gasteiger partial charge on any atom is -0.508 e. The van der Waals surface area contributed by atoms with Gasteiger partial charge in [0.25, 0.3) is 0 Å². The number of aromatic hydroxyl groups is 1. The number of nitrogens with one attached hydrogen (secondary N) is 1. The summed E-state index contributed by atoms with van der Waals surface area (Å²) in [5.74, 6) is 0.351. The van der Waals surface area contributed by atoms with Crippen LogP contribution in [0.3, 0.4) is 0 Å². The molecule has 18 heavy (non-hydrogen) atoms. The summed E-state index contributed by atoms with van der Waals surface area (Å²) in [6, 6.07) is 5.88. The highest BCUT2D eigenvalue weighted by Crippen LogP contribution is 2.25. The van der Waals surface area contributed by atoms with E-state index in [-0.39, 0.29) is 6.04 Å². The molecule has 2 rings (SSSR count). The zero-order chi connectivity index (χ0) is 13.1. The molecule has 1 unspecified atom stereocenters. The van der Waals surface area contributed by atoms with Crippen LogP contribution in [-0.2, 0) is 6.54 Å². The van der Waals surface area contributed by atoms with E-state index in [1.807, 2.05) is 32.9 Å². The Morgan fingerprint density at radius 2 is 2.17 bits per heavy atom. The van der Waals surface area contributed by atoms with Crippen molar-refractivity contribution in [3.63, 3.8) is 0 Å². The number of phenols is 1. The van der Waals surface area contributed by atoms with Crippen LogP contribution in [-0.4, -0.2) is 10.1 Å². The Kier molecular flexibility index (Phi) is 3.99. The molecule has 0 saturated carbocycles. The first kappa shape index (κ1) is 13.1. The number of thiazole rings is 1. The van der Waals surface area contributed by atoms with E-state index >= 15 is 0 Å². The van der Waals surface area contributed by atoms with E-state index in [9.17, 15) is 5.11 Å². The van der Waals surface area contributed by atoms with Gasteiger partial charge in [-0.05, 0) is 32.4 Å². The Balaban J connectivity index is 2.01. The second-order valence-electron chi connectivity index (χ2n) is 4.52. The molecule has 0 radical (unpaired) electrons. The highest BCUT2D eigenvalue weighted by atomic mass is 32.1. The van der Waals surface area contributed by atoms with Crippen LogP contribution < -0.4 is 5.32 Å². The summed E-state index contributed by atoms with van der Waals surface area (Å²) in [7, 11) is 0.